The molecule has 1 aromatic rings. The number of rotatable bonds is 9. The third-order valence-corrected chi connectivity index (χ3v) is 5.01. The highest BCUT2D eigenvalue weighted by molar-refractivity contribution is 7.92. The van der Waals surface area contributed by atoms with E-state index in [4.69, 9.17) is 0 Å². The fourth-order valence-corrected chi connectivity index (χ4v) is 3.18. The zero-order valence-corrected chi connectivity index (χ0v) is 15.3. The summed E-state index contributed by atoms with van der Waals surface area (Å²) < 4.78 is 25.4. The molecule has 1 amide bonds. The number of nitrogens with zero attached hydrogens (tertiary/aromatic N) is 1. The van der Waals surface area contributed by atoms with Crippen LogP contribution in [0.4, 0.5) is 5.69 Å². The van der Waals surface area contributed by atoms with Crippen molar-refractivity contribution in [3.8, 4) is 0 Å². The Kier molecular flexibility index (Phi) is 7.55. The van der Waals surface area contributed by atoms with Gasteiger partial charge in [-0.1, -0.05) is 26.0 Å². The molecule has 1 unspecified atom stereocenters. The van der Waals surface area contributed by atoms with Gasteiger partial charge in [0.25, 0.3) is 0 Å². The molecule has 0 saturated heterocycles. The molecule has 130 valence electrons. The van der Waals surface area contributed by atoms with Gasteiger partial charge in [0.2, 0.25) is 15.9 Å². The molecule has 5 nitrogen and oxygen atoms in total. The molecule has 0 spiro atoms. The van der Waals surface area contributed by atoms with E-state index in [9.17, 15) is 13.2 Å². The van der Waals surface area contributed by atoms with Crippen molar-refractivity contribution in [3.63, 3.8) is 0 Å². The summed E-state index contributed by atoms with van der Waals surface area (Å²) in [7, 11) is -3.36. The Balaban J connectivity index is 2.68. The van der Waals surface area contributed by atoms with Gasteiger partial charge in [0.15, 0.2) is 0 Å². The zero-order chi connectivity index (χ0) is 17.5. The molecule has 1 rings (SSSR count). The Morgan fingerprint density at radius 1 is 1.22 bits per heavy atom. The number of anilines is 1. The molecule has 0 aliphatic carbocycles. The van der Waals surface area contributed by atoms with E-state index in [2.05, 4.69) is 12.2 Å². The number of hydrogen-bond acceptors (Lipinski definition) is 3. The number of sulfonamides is 1. The summed E-state index contributed by atoms with van der Waals surface area (Å²) in [4.78, 5) is 11.8. The van der Waals surface area contributed by atoms with Crippen LogP contribution >= 0.6 is 0 Å². The van der Waals surface area contributed by atoms with Crippen LogP contribution in [0.15, 0.2) is 24.3 Å². The molecule has 1 N–H and O–H groups in total. The van der Waals surface area contributed by atoms with Crippen molar-refractivity contribution in [1.82, 2.24) is 5.32 Å². The van der Waals surface area contributed by atoms with E-state index in [-0.39, 0.29) is 11.9 Å². The average molecular weight is 340 g/mol. The molecule has 0 bridgehead atoms. The van der Waals surface area contributed by atoms with Crippen molar-refractivity contribution in [2.75, 3.05) is 17.1 Å². The van der Waals surface area contributed by atoms with E-state index < -0.39 is 10.0 Å². The lowest BCUT2D eigenvalue weighted by molar-refractivity contribution is -0.121. The molecule has 1 aromatic carbocycles. The normalized spacial score (nSPS) is 12.7. The van der Waals surface area contributed by atoms with Crippen LogP contribution in [0, 0.1) is 0 Å². The summed E-state index contributed by atoms with van der Waals surface area (Å²) in [5, 5.41) is 2.89. The first-order chi connectivity index (χ1) is 10.8. The van der Waals surface area contributed by atoms with Gasteiger partial charge >= 0.3 is 0 Å². The Morgan fingerprint density at radius 2 is 1.83 bits per heavy atom. The van der Waals surface area contributed by atoms with Crippen molar-refractivity contribution in [3.05, 3.63) is 29.8 Å². The molecule has 0 saturated carbocycles. The molecular weight excluding hydrogens is 312 g/mol. The minimum absolute atomic E-state index is 0.0332. The highest BCUT2D eigenvalue weighted by Crippen LogP contribution is 2.19. The summed E-state index contributed by atoms with van der Waals surface area (Å²) >= 11 is 0. The molecule has 23 heavy (non-hydrogen) atoms. The lowest BCUT2D eigenvalue weighted by Crippen LogP contribution is -2.34. The van der Waals surface area contributed by atoms with Crippen molar-refractivity contribution >= 4 is 21.6 Å². The van der Waals surface area contributed by atoms with Crippen molar-refractivity contribution in [2.24, 2.45) is 0 Å². The molecule has 0 radical (unpaired) electrons. The first-order valence-electron chi connectivity index (χ1n) is 8.14. The van der Waals surface area contributed by atoms with E-state index in [0.717, 1.165) is 18.4 Å². The lowest BCUT2D eigenvalue weighted by atomic mass is 10.1. The van der Waals surface area contributed by atoms with Gasteiger partial charge in [-0.15, -0.1) is 0 Å². The van der Waals surface area contributed by atoms with Crippen LogP contribution in [-0.2, 0) is 21.2 Å². The molecular formula is C17H28N2O3S. The highest BCUT2D eigenvalue weighted by atomic mass is 32.2. The summed E-state index contributed by atoms with van der Waals surface area (Å²) in [5.41, 5.74) is 1.81. The Labute approximate surface area is 140 Å². The number of carbonyl (C=O) groups excluding carboxylic acids is 1. The van der Waals surface area contributed by atoms with Crippen LogP contribution in [0.5, 0.6) is 0 Å². The predicted molar refractivity (Wildman–Crippen MR) is 95.1 cm³/mol. The first-order valence-corrected chi connectivity index (χ1v) is 9.98. The van der Waals surface area contributed by atoms with Gasteiger partial charge in [-0.3, -0.25) is 9.10 Å². The summed E-state index contributed by atoms with van der Waals surface area (Å²) in [6.07, 6.45) is 3.80. The molecule has 0 heterocycles. The second kappa shape index (κ2) is 8.91. The predicted octanol–water partition coefficient (Wildman–Crippen LogP) is 2.71. The molecule has 0 aliphatic rings. The van der Waals surface area contributed by atoms with Gasteiger partial charge in [-0.05, 0) is 43.9 Å². The van der Waals surface area contributed by atoms with Gasteiger partial charge < -0.3 is 5.32 Å². The van der Waals surface area contributed by atoms with Crippen molar-refractivity contribution in [1.29, 1.82) is 0 Å². The number of aryl methyl sites for hydroxylation is 1. The van der Waals surface area contributed by atoms with E-state index >= 15 is 0 Å². The van der Waals surface area contributed by atoms with Crippen LogP contribution in [0.3, 0.4) is 0 Å². The first kappa shape index (κ1) is 19.5. The molecule has 6 heteroatoms. The smallest absolute Gasteiger partial charge is 0.232 e. The lowest BCUT2D eigenvalue weighted by Gasteiger charge is -2.22. The third-order valence-electron chi connectivity index (χ3n) is 3.82. The van der Waals surface area contributed by atoms with Gasteiger partial charge in [0.1, 0.15) is 0 Å². The standard InChI is InChI=1S/C17H28N2O3S/c1-5-14(3)18-17(20)8-7-13-19(23(4,21)22)16-11-9-15(6-2)10-12-16/h9-12,14H,5-8,13H2,1-4H3,(H,18,20). The Bertz CT molecular complexity index is 597. The summed E-state index contributed by atoms with van der Waals surface area (Å²) in [5.74, 6) is -0.0332. The van der Waals surface area contributed by atoms with Gasteiger partial charge in [-0.2, -0.15) is 0 Å². The molecule has 0 aromatic heterocycles. The van der Waals surface area contributed by atoms with E-state index in [0.29, 0.717) is 25.1 Å². The van der Waals surface area contributed by atoms with Crippen molar-refractivity contribution in [2.45, 2.75) is 52.5 Å². The average Bonchev–Trinajstić information content (AvgIpc) is 2.50. The fourth-order valence-electron chi connectivity index (χ4n) is 2.22. The number of benzene rings is 1. The van der Waals surface area contributed by atoms with E-state index in [1.165, 1.54) is 10.6 Å². The van der Waals surface area contributed by atoms with Crippen LogP contribution in [0.1, 0.15) is 45.6 Å². The maximum atomic E-state index is 12.0. The van der Waals surface area contributed by atoms with Crippen LogP contribution in [0.2, 0.25) is 0 Å². The zero-order valence-electron chi connectivity index (χ0n) is 14.5. The Hall–Kier alpha value is -1.56. The minimum Gasteiger partial charge on any atom is -0.354 e. The number of hydrogen-bond donors (Lipinski definition) is 1. The maximum absolute atomic E-state index is 12.0. The third kappa shape index (κ3) is 6.60. The second-order valence-corrected chi connectivity index (χ2v) is 7.74. The SMILES string of the molecule is CCc1ccc(N(CCCC(=O)NC(C)CC)S(C)(=O)=O)cc1. The van der Waals surface area contributed by atoms with E-state index in [1.807, 2.05) is 38.1 Å². The monoisotopic (exact) mass is 340 g/mol. The van der Waals surface area contributed by atoms with Crippen LogP contribution < -0.4 is 9.62 Å². The topological polar surface area (TPSA) is 66.5 Å². The van der Waals surface area contributed by atoms with Gasteiger partial charge in [0.05, 0.1) is 11.9 Å². The summed E-state index contributed by atoms with van der Waals surface area (Å²) in [6.45, 7) is 6.32. The van der Waals surface area contributed by atoms with Crippen LogP contribution in [0.25, 0.3) is 0 Å². The largest absolute Gasteiger partial charge is 0.354 e. The number of carbonyl (C=O) groups is 1. The highest BCUT2D eigenvalue weighted by Gasteiger charge is 2.17. The second-order valence-electron chi connectivity index (χ2n) is 5.84. The van der Waals surface area contributed by atoms with Crippen molar-refractivity contribution < 1.29 is 13.2 Å². The minimum atomic E-state index is -3.36. The van der Waals surface area contributed by atoms with Gasteiger partial charge in [-0.25, -0.2) is 8.42 Å². The van der Waals surface area contributed by atoms with Crippen LogP contribution in [-0.4, -0.2) is 33.2 Å². The quantitative estimate of drug-likeness (QED) is 0.751. The maximum Gasteiger partial charge on any atom is 0.232 e. The Morgan fingerprint density at radius 3 is 2.30 bits per heavy atom. The summed E-state index contributed by atoms with van der Waals surface area (Å²) in [6, 6.07) is 7.65. The molecule has 0 aliphatic heterocycles. The molecule has 1 atom stereocenters. The van der Waals surface area contributed by atoms with Gasteiger partial charge in [0, 0.05) is 19.0 Å². The fraction of sp³-hybridized carbons (Fsp3) is 0.588. The number of amides is 1. The number of nitrogens with one attached hydrogen (secondary N) is 1. The molecule has 0 fully saturated rings. The van der Waals surface area contributed by atoms with E-state index in [1.54, 1.807) is 0 Å².